The predicted molar refractivity (Wildman–Crippen MR) is 88.6 cm³/mol. The molecule has 2 aromatic carbocycles. The number of rotatable bonds is 7. The fourth-order valence-corrected chi connectivity index (χ4v) is 2.31. The van der Waals surface area contributed by atoms with E-state index in [0.717, 1.165) is 11.8 Å². The van der Waals surface area contributed by atoms with Crippen LogP contribution in [0, 0.1) is 5.82 Å². The van der Waals surface area contributed by atoms with Crippen molar-refractivity contribution >= 4 is 27.0 Å². The molecule has 0 aliphatic carbocycles. The molecule has 0 spiro atoms. The summed E-state index contributed by atoms with van der Waals surface area (Å²) >= 11 is 3.36. The van der Waals surface area contributed by atoms with Gasteiger partial charge in [-0.15, -0.1) is 0 Å². The van der Waals surface area contributed by atoms with E-state index < -0.39 is 5.82 Å². The fraction of sp³-hybridized carbons (Fsp3) is 0.235. The molecule has 0 atom stereocenters. The molecule has 3 rings (SSSR count). The lowest BCUT2D eigenvalue weighted by molar-refractivity contribution is 0.255. The Morgan fingerprint density at radius 1 is 1.04 bits per heavy atom. The number of ether oxygens (including phenoxy) is 2. The predicted octanol–water partition coefficient (Wildman–Crippen LogP) is 4.71. The summed E-state index contributed by atoms with van der Waals surface area (Å²) in [7, 11) is 0. The van der Waals surface area contributed by atoms with Gasteiger partial charge in [-0.3, -0.25) is 0 Å². The summed E-state index contributed by atoms with van der Waals surface area (Å²) in [6.45, 7) is 0.648. The molecular weight excluding hydrogens is 365 g/mol. The van der Waals surface area contributed by atoms with Gasteiger partial charge >= 0.3 is 0 Å². The van der Waals surface area contributed by atoms with Gasteiger partial charge in [-0.25, -0.2) is 9.37 Å². The molecule has 4 nitrogen and oxygen atoms in total. The number of para-hydroxylation sites is 2. The molecule has 0 aliphatic heterocycles. The van der Waals surface area contributed by atoms with Gasteiger partial charge in [0.2, 0.25) is 5.89 Å². The van der Waals surface area contributed by atoms with E-state index in [0.29, 0.717) is 29.3 Å². The second-order valence-electron chi connectivity index (χ2n) is 4.82. The minimum absolute atomic E-state index is 0.0520. The summed E-state index contributed by atoms with van der Waals surface area (Å²) in [5.74, 6) is 0.801. The van der Waals surface area contributed by atoms with Crippen LogP contribution in [-0.4, -0.2) is 16.9 Å². The van der Waals surface area contributed by atoms with E-state index in [9.17, 15) is 4.39 Å². The molecule has 1 aromatic heterocycles. The van der Waals surface area contributed by atoms with Gasteiger partial charge in [-0.2, -0.15) is 0 Å². The molecule has 0 N–H and O–H groups in total. The maximum absolute atomic E-state index is 13.5. The van der Waals surface area contributed by atoms with Crippen molar-refractivity contribution in [1.29, 1.82) is 0 Å². The SMILES string of the molecule is Fc1ccccc1OCc1nc2c(OCCCBr)cccc2o1. The highest BCUT2D eigenvalue weighted by Gasteiger charge is 2.12. The molecule has 3 aromatic rings. The lowest BCUT2D eigenvalue weighted by Gasteiger charge is -2.04. The van der Waals surface area contributed by atoms with Gasteiger partial charge in [0.15, 0.2) is 29.3 Å². The van der Waals surface area contributed by atoms with Crippen LogP contribution in [0.25, 0.3) is 11.1 Å². The zero-order valence-corrected chi connectivity index (χ0v) is 13.9. The third-order valence-electron chi connectivity index (χ3n) is 3.15. The maximum Gasteiger partial charge on any atom is 0.233 e. The Kier molecular flexibility index (Phi) is 5.12. The Hall–Kier alpha value is -2.08. The molecule has 1 heterocycles. The van der Waals surface area contributed by atoms with Crippen LogP contribution >= 0.6 is 15.9 Å². The van der Waals surface area contributed by atoms with Crippen molar-refractivity contribution in [2.24, 2.45) is 0 Å². The summed E-state index contributed by atoms with van der Waals surface area (Å²) in [6.07, 6.45) is 0.900. The Labute approximate surface area is 141 Å². The molecule has 23 heavy (non-hydrogen) atoms. The number of oxazole rings is 1. The van der Waals surface area contributed by atoms with E-state index in [-0.39, 0.29) is 12.4 Å². The average Bonchev–Trinajstić information content (AvgIpc) is 2.98. The highest BCUT2D eigenvalue weighted by atomic mass is 79.9. The highest BCUT2D eigenvalue weighted by molar-refractivity contribution is 9.09. The van der Waals surface area contributed by atoms with Crippen LogP contribution in [0.5, 0.6) is 11.5 Å². The number of benzene rings is 2. The van der Waals surface area contributed by atoms with Crippen LogP contribution in [0.4, 0.5) is 4.39 Å². The third kappa shape index (κ3) is 3.82. The number of hydrogen-bond acceptors (Lipinski definition) is 4. The summed E-state index contributed by atoms with van der Waals surface area (Å²) in [4.78, 5) is 4.39. The Morgan fingerprint density at radius 2 is 1.87 bits per heavy atom. The summed E-state index contributed by atoms with van der Waals surface area (Å²) in [5.41, 5.74) is 1.27. The lowest BCUT2D eigenvalue weighted by Crippen LogP contribution is -1.99. The van der Waals surface area contributed by atoms with E-state index in [1.165, 1.54) is 6.07 Å². The minimum atomic E-state index is -0.414. The first-order chi connectivity index (χ1) is 11.3. The molecule has 0 fully saturated rings. The second-order valence-corrected chi connectivity index (χ2v) is 5.61. The molecule has 120 valence electrons. The molecule has 6 heteroatoms. The van der Waals surface area contributed by atoms with Gasteiger partial charge in [0.25, 0.3) is 0 Å². The van der Waals surface area contributed by atoms with E-state index in [4.69, 9.17) is 13.9 Å². The molecule has 0 bridgehead atoms. The van der Waals surface area contributed by atoms with Gasteiger partial charge in [-0.05, 0) is 30.7 Å². The number of hydrogen-bond donors (Lipinski definition) is 0. The third-order valence-corrected chi connectivity index (χ3v) is 3.71. The first-order valence-electron chi connectivity index (χ1n) is 7.22. The zero-order valence-electron chi connectivity index (χ0n) is 12.3. The second kappa shape index (κ2) is 7.46. The first kappa shape index (κ1) is 15.8. The topological polar surface area (TPSA) is 44.5 Å². The highest BCUT2D eigenvalue weighted by Crippen LogP contribution is 2.26. The number of fused-ring (bicyclic) bond motifs is 1. The van der Waals surface area contributed by atoms with Crippen molar-refractivity contribution in [1.82, 2.24) is 4.98 Å². The van der Waals surface area contributed by atoms with Crippen LogP contribution in [0.2, 0.25) is 0 Å². The molecule has 0 saturated heterocycles. The average molecular weight is 380 g/mol. The Balaban J connectivity index is 1.75. The van der Waals surface area contributed by atoms with Gasteiger partial charge in [0, 0.05) is 5.33 Å². The number of aromatic nitrogens is 1. The van der Waals surface area contributed by atoms with Crippen LogP contribution in [-0.2, 0) is 6.61 Å². The van der Waals surface area contributed by atoms with Gasteiger partial charge < -0.3 is 13.9 Å². The maximum atomic E-state index is 13.5. The van der Waals surface area contributed by atoms with Crippen molar-refractivity contribution in [2.45, 2.75) is 13.0 Å². The molecule has 0 aliphatic rings. The van der Waals surface area contributed by atoms with Gasteiger partial charge in [0.1, 0.15) is 5.75 Å². The van der Waals surface area contributed by atoms with E-state index in [2.05, 4.69) is 20.9 Å². The van der Waals surface area contributed by atoms with Crippen LogP contribution in [0.1, 0.15) is 12.3 Å². The van der Waals surface area contributed by atoms with Crippen LogP contribution in [0.15, 0.2) is 46.9 Å². The van der Waals surface area contributed by atoms with E-state index in [1.54, 1.807) is 18.2 Å². The molecule has 0 amide bonds. The standard InChI is InChI=1S/C17H15BrFNO3/c18-9-4-10-21-14-7-3-8-15-17(14)20-16(23-15)11-22-13-6-2-1-5-12(13)19/h1-3,5-8H,4,9-11H2. The first-order valence-corrected chi connectivity index (χ1v) is 8.34. The normalized spacial score (nSPS) is 10.9. The Bertz CT molecular complexity index is 790. The van der Waals surface area contributed by atoms with E-state index in [1.807, 2.05) is 18.2 Å². The summed E-state index contributed by atoms with van der Waals surface area (Å²) in [5, 5.41) is 0.878. The smallest absolute Gasteiger partial charge is 0.233 e. The van der Waals surface area contributed by atoms with Crippen molar-refractivity contribution in [3.8, 4) is 11.5 Å². The fourth-order valence-electron chi connectivity index (χ4n) is 2.09. The quantitative estimate of drug-likeness (QED) is 0.440. The lowest BCUT2D eigenvalue weighted by atomic mass is 10.3. The number of alkyl halides is 1. The molecular formula is C17H15BrFNO3. The zero-order chi connectivity index (χ0) is 16.1. The largest absolute Gasteiger partial charge is 0.491 e. The minimum Gasteiger partial charge on any atom is -0.491 e. The Morgan fingerprint density at radius 3 is 2.70 bits per heavy atom. The van der Waals surface area contributed by atoms with Crippen molar-refractivity contribution in [3.63, 3.8) is 0 Å². The number of halogens is 2. The van der Waals surface area contributed by atoms with Crippen LogP contribution < -0.4 is 9.47 Å². The van der Waals surface area contributed by atoms with Crippen LogP contribution in [0.3, 0.4) is 0 Å². The van der Waals surface area contributed by atoms with E-state index >= 15 is 0 Å². The van der Waals surface area contributed by atoms with Crippen molar-refractivity contribution in [2.75, 3.05) is 11.9 Å². The van der Waals surface area contributed by atoms with Gasteiger partial charge in [-0.1, -0.05) is 34.1 Å². The van der Waals surface area contributed by atoms with Crippen molar-refractivity contribution < 1.29 is 18.3 Å². The number of nitrogens with zero attached hydrogens (tertiary/aromatic N) is 1. The van der Waals surface area contributed by atoms with Gasteiger partial charge in [0.05, 0.1) is 6.61 Å². The summed E-state index contributed by atoms with van der Waals surface area (Å²) in [6, 6.07) is 11.7. The molecule has 0 unspecified atom stereocenters. The molecule has 0 saturated carbocycles. The molecule has 0 radical (unpaired) electrons. The monoisotopic (exact) mass is 379 g/mol. The van der Waals surface area contributed by atoms with Crippen molar-refractivity contribution in [3.05, 3.63) is 54.2 Å². The summed E-state index contributed by atoms with van der Waals surface area (Å²) < 4.78 is 30.3.